The largest absolute Gasteiger partial charge is 0.489 e. The fourth-order valence-electron chi connectivity index (χ4n) is 1.59. The van der Waals surface area contributed by atoms with Crippen LogP contribution in [0, 0.1) is 6.92 Å². The van der Waals surface area contributed by atoms with Gasteiger partial charge in [0.2, 0.25) is 0 Å². The molecule has 0 amide bonds. The lowest BCUT2D eigenvalue weighted by Crippen LogP contribution is -2.01. The second kappa shape index (κ2) is 5.63. The van der Waals surface area contributed by atoms with Crippen LogP contribution >= 0.6 is 27.5 Å². The first-order valence-corrected chi connectivity index (χ1v) is 6.67. The van der Waals surface area contributed by atoms with Crippen molar-refractivity contribution in [3.05, 3.63) is 57.0 Å². The molecule has 2 aromatic rings. The van der Waals surface area contributed by atoms with Crippen LogP contribution in [0.1, 0.15) is 11.1 Å². The molecule has 2 N–H and O–H groups in total. The number of rotatable bonds is 3. The summed E-state index contributed by atoms with van der Waals surface area (Å²) < 4.78 is 6.67. The maximum atomic E-state index is 5.97. The van der Waals surface area contributed by atoms with Crippen LogP contribution in [0.15, 0.2) is 40.9 Å². The zero-order chi connectivity index (χ0) is 13.1. The van der Waals surface area contributed by atoms with Crippen LogP contribution in [0.4, 0.5) is 5.69 Å². The Morgan fingerprint density at radius 3 is 2.72 bits per heavy atom. The average molecular weight is 327 g/mol. The van der Waals surface area contributed by atoms with Crippen LogP contribution in [0.25, 0.3) is 0 Å². The van der Waals surface area contributed by atoms with Gasteiger partial charge in [0.05, 0.1) is 0 Å². The number of benzene rings is 2. The molecule has 0 fully saturated rings. The van der Waals surface area contributed by atoms with Crippen molar-refractivity contribution in [2.75, 3.05) is 5.73 Å². The van der Waals surface area contributed by atoms with Crippen LogP contribution in [-0.2, 0) is 6.61 Å². The number of anilines is 1. The van der Waals surface area contributed by atoms with E-state index in [0.717, 1.165) is 32.1 Å². The minimum atomic E-state index is 0.425. The fourth-order valence-corrected chi connectivity index (χ4v) is 2.20. The number of hydrogen-bond donors (Lipinski definition) is 1. The molecule has 0 radical (unpaired) electrons. The second-order valence-corrected chi connectivity index (χ2v) is 5.27. The lowest BCUT2D eigenvalue weighted by molar-refractivity contribution is 0.306. The van der Waals surface area contributed by atoms with Gasteiger partial charge >= 0.3 is 0 Å². The highest BCUT2D eigenvalue weighted by molar-refractivity contribution is 9.10. The molecule has 4 heteroatoms. The normalized spacial score (nSPS) is 10.4. The Hall–Kier alpha value is -1.19. The lowest BCUT2D eigenvalue weighted by atomic mass is 10.2. The molecular weight excluding hydrogens is 314 g/mol. The molecule has 2 rings (SSSR count). The van der Waals surface area contributed by atoms with Crippen LogP contribution < -0.4 is 10.5 Å². The zero-order valence-electron chi connectivity index (χ0n) is 9.91. The zero-order valence-corrected chi connectivity index (χ0v) is 12.3. The van der Waals surface area contributed by atoms with Crippen molar-refractivity contribution >= 4 is 33.2 Å². The summed E-state index contributed by atoms with van der Waals surface area (Å²) in [6, 6.07) is 11.3. The Balaban J connectivity index is 2.14. The molecule has 0 aromatic heterocycles. The number of aryl methyl sites for hydroxylation is 1. The van der Waals surface area contributed by atoms with E-state index in [1.165, 1.54) is 0 Å². The number of hydrogen-bond acceptors (Lipinski definition) is 2. The van der Waals surface area contributed by atoms with Gasteiger partial charge in [0.15, 0.2) is 0 Å². The van der Waals surface area contributed by atoms with Gasteiger partial charge < -0.3 is 10.5 Å². The van der Waals surface area contributed by atoms with E-state index in [9.17, 15) is 0 Å². The number of nitrogen functional groups attached to an aromatic ring is 1. The molecule has 0 heterocycles. The molecule has 0 aliphatic carbocycles. The van der Waals surface area contributed by atoms with Gasteiger partial charge in [-0.25, -0.2) is 0 Å². The third-order valence-corrected chi connectivity index (χ3v) is 3.83. The quantitative estimate of drug-likeness (QED) is 0.838. The molecule has 0 saturated carbocycles. The van der Waals surface area contributed by atoms with Crippen molar-refractivity contribution < 1.29 is 4.74 Å². The van der Waals surface area contributed by atoms with Crippen LogP contribution in [0.2, 0.25) is 5.02 Å². The van der Waals surface area contributed by atoms with Gasteiger partial charge in [-0.05, 0) is 42.8 Å². The molecule has 2 nitrogen and oxygen atoms in total. The van der Waals surface area contributed by atoms with Gasteiger partial charge in [0, 0.05) is 20.7 Å². The van der Waals surface area contributed by atoms with E-state index < -0.39 is 0 Å². The summed E-state index contributed by atoms with van der Waals surface area (Å²) >= 11 is 9.43. The Labute approximate surface area is 120 Å². The first-order valence-electron chi connectivity index (χ1n) is 5.50. The molecule has 94 valence electrons. The summed E-state index contributed by atoms with van der Waals surface area (Å²) in [5, 5.41) is 0.739. The van der Waals surface area contributed by atoms with Crippen LogP contribution in [0.3, 0.4) is 0 Å². The minimum Gasteiger partial charge on any atom is -0.489 e. The summed E-state index contributed by atoms with van der Waals surface area (Å²) in [7, 11) is 0. The molecule has 18 heavy (non-hydrogen) atoms. The van der Waals surface area contributed by atoms with E-state index in [1.807, 2.05) is 43.3 Å². The summed E-state index contributed by atoms with van der Waals surface area (Å²) in [6.07, 6.45) is 0. The summed E-state index contributed by atoms with van der Waals surface area (Å²) in [5.41, 5.74) is 8.57. The summed E-state index contributed by atoms with van der Waals surface area (Å²) in [5.74, 6) is 0.784. The number of halogens is 2. The predicted molar refractivity (Wildman–Crippen MR) is 79.1 cm³/mol. The Morgan fingerprint density at radius 2 is 2.06 bits per heavy atom. The SMILES string of the molecule is Cc1cc(OCc2c(N)cccc2Br)ccc1Cl. The molecule has 0 unspecified atom stereocenters. The topological polar surface area (TPSA) is 35.2 Å². The third kappa shape index (κ3) is 2.98. The average Bonchev–Trinajstić information content (AvgIpc) is 2.33. The number of nitrogens with two attached hydrogens (primary N) is 1. The van der Waals surface area contributed by atoms with E-state index in [-0.39, 0.29) is 0 Å². The van der Waals surface area contributed by atoms with Gasteiger partial charge in [-0.3, -0.25) is 0 Å². The molecule has 0 bridgehead atoms. The van der Waals surface area contributed by atoms with E-state index in [4.69, 9.17) is 22.1 Å². The minimum absolute atomic E-state index is 0.425. The van der Waals surface area contributed by atoms with Crippen molar-refractivity contribution in [3.63, 3.8) is 0 Å². The standard InChI is InChI=1S/C14H13BrClNO/c1-9-7-10(5-6-13(9)16)18-8-11-12(15)3-2-4-14(11)17/h2-7H,8,17H2,1H3. The molecule has 0 aliphatic heterocycles. The first-order chi connectivity index (χ1) is 8.58. The van der Waals surface area contributed by atoms with Crippen molar-refractivity contribution in [2.24, 2.45) is 0 Å². The van der Waals surface area contributed by atoms with Gasteiger partial charge in [-0.15, -0.1) is 0 Å². The highest BCUT2D eigenvalue weighted by Gasteiger charge is 2.05. The van der Waals surface area contributed by atoms with E-state index in [0.29, 0.717) is 6.61 Å². The third-order valence-electron chi connectivity index (χ3n) is 2.67. The summed E-state index contributed by atoms with van der Waals surface area (Å²) in [4.78, 5) is 0. The Kier molecular flexibility index (Phi) is 4.15. The molecule has 2 aromatic carbocycles. The maximum Gasteiger partial charge on any atom is 0.120 e. The predicted octanol–water partition coefficient (Wildman–Crippen LogP) is 4.57. The van der Waals surface area contributed by atoms with Gasteiger partial charge in [-0.1, -0.05) is 33.6 Å². The Bertz CT molecular complexity index is 551. The van der Waals surface area contributed by atoms with E-state index in [1.54, 1.807) is 0 Å². The van der Waals surface area contributed by atoms with Gasteiger partial charge in [-0.2, -0.15) is 0 Å². The van der Waals surface area contributed by atoms with Crippen LogP contribution in [-0.4, -0.2) is 0 Å². The van der Waals surface area contributed by atoms with Crippen molar-refractivity contribution in [1.29, 1.82) is 0 Å². The second-order valence-electron chi connectivity index (χ2n) is 4.01. The van der Waals surface area contributed by atoms with Gasteiger partial charge in [0.25, 0.3) is 0 Å². The number of ether oxygens (including phenoxy) is 1. The molecule has 0 saturated heterocycles. The molecular formula is C14H13BrClNO. The maximum absolute atomic E-state index is 5.97. The molecule has 0 spiro atoms. The van der Waals surface area contributed by atoms with E-state index >= 15 is 0 Å². The van der Waals surface area contributed by atoms with Crippen molar-refractivity contribution in [2.45, 2.75) is 13.5 Å². The fraction of sp³-hybridized carbons (Fsp3) is 0.143. The molecule has 0 atom stereocenters. The van der Waals surface area contributed by atoms with Gasteiger partial charge in [0.1, 0.15) is 12.4 Å². The van der Waals surface area contributed by atoms with Crippen molar-refractivity contribution in [1.82, 2.24) is 0 Å². The molecule has 0 aliphatic rings. The van der Waals surface area contributed by atoms with Crippen LogP contribution in [0.5, 0.6) is 5.75 Å². The monoisotopic (exact) mass is 325 g/mol. The Morgan fingerprint density at radius 1 is 1.28 bits per heavy atom. The summed E-state index contributed by atoms with van der Waals surface area (Å²) in [6.45, 7) is 2.37. The smallest absolute Gasteiger partial charge is 0.120 e. The van der Waals surface area contributed by atoms with Crippen molar-refractivity contribution in [3.8, 4) is 5.75 Å². The highest BCUT2D eigenvalue weighted by Crippen LogP contribution is 2.26. The first kappa shape index (κ1) is 13.2. The highest BCUT2D eigenvalue weighted by atomic mass is 79.9. The lowest BCUT2D eigenvalue weighted by Gasteiger charge is -2.11. The van der Waals surface area contributed by atoms with E-state index in [2.05, 4.69) is 15.9 Å².